The molecule has 0 aliphatic carbocycles. The molecule has 0 saturated heterocycles. The molecule has 0 radical (unpaired) electrons. The fourth-order valence-corrected chi connectivity index (χ4v) is 1.56. The standard InChI is InChI=1S/C14H20N2O/c1-3-4-7-10-15-11-13-8-5-6-9-14(13)16-12(2)17/h3-6,8-9,15H,7,10-11H2,1-2H3,(H,16,17)/b4-3+. The predicted molar refractivity (Wildman–Crippen MR) is 71.9 cm³/mol. The Hall–Kier alpha value is -1.61. The molecule has 0 aliphatic rings. The third kappa shape index (κ3) is 5.31. The molecule has 0 saturated carbocycles. The van der Waals surface area contributed by atoms with Gasteiger partial charge in [-0.25, -0.2) is 0 Å². The van der Waals surface area contributed by atoms with E-state index in [2.05, 4.69) is 16.7 Å². The summed E-state index contributed by atoms with van der Waals surface area (Å²) in [7, 11) is 0. The van der Waals surface area contributed by atoms with Gasteiger partial charge in [-0.2, -0.15) is 0 Å². The first-order chi connectivity index (χ1) is 8.24. The maximum Gasteiger partial charge on any atom is 0.221 e. The Morgan fingerprint density at radius 2 is 2.12 bits per heavy atom. The lowest BCUT2D eigenvalue weighted by atomic mass is 10.1. The van der Waals surface area contributed by atoms with Gasteiger partial charge in [-0.1, -0.05) is 30.4 Å². The van der Waals surface area contributed by atoms with Crippen molar-refractivity contribution in [1.29, 1.82) is 0 Å². The van der Waals surface area contributed by atoms with Crippen molar-refractivity contribution in [1.82, 2.24) is 5.32 Å². The normalized spacial score (nSPS) is 10.7. The zero-order chi connectivity index (χ0) is 12.5. The van der Waals surface area contributed by atoms with Crippen molar-refractivity contribution >= 4 is 11.6 Å². The van der Waals surface area contributed by atoms with E-state index in [0.717, 1.165) is 30.8 Å². The Kier molecular flexibility index (Phi) is 6.04. The van der Waals surface area contributed by atoms with Gasteiger partial charge in [0.05, 0.1) is 0 Å². The van der Waals surface area contributed by atoms with Crippen LogP contribution in [0.4, 0.5) is 5.69 Å². The van der Waals surface area contributed by atoms with E-state index in [1.165, 1.54) is 6.92 Å². The highest BCUT2D eigenvalue weighted by molar-refractivity contribution is 5.89. The molecule has 1 aromatic carbocycles. The molecule has 0 bridgehead atoms. The van der Waals surface area contributed by atoms with E-state index in [0.29, 0.717) is 0 Å². The summed E-state index contributed by atoms with van der Waals surface area (Å²) in [6.07, 6.45) is 5.21. The van der Waals surface area contributed by atoms with Crippen LogP contribution >= 0.6 is 0 Å². The summed E-state index contributed by atoms with van der Waals surface area (Å²) in [5.74, 6) is -0.0358. The Morgan fingerprint density at radius 1 is 1.35 bits per heavy atom. The van der Waals surface area contributed by atoms with Crippen LogP contribution in [0.25, 0.3) is 0 Å². The van der Waals surface area contributed by atoms with Gasteiger partial charge in [0, 0.05) is 19.2 Å². The van der Waals surface area contributed by atoms with E-state index >= 15 is 0 Å². The molecule has 2 N–H and O–H groups in total. The summed E-state index contributed by atoms with van der Waals surface area (Å²) in [6.45, 7) is 5.26. The molecule has 0 fully saturated rings. The summed E-state index contributed by atoms with van der Waals surface area (Å²) in [5.41, 5.74) is 2.00. The number of carbonyl (C=O) groups excluding carboxylic acids is 1. The zero-order valence-electron chi connectivity index (χ0n) is 10.5. The number of anilines is 1. The second-order valence-electron chi connectivity index (χ2n) is 3.87. The third-order valence-electron chi connectivity index (χ3n) is 2.37. The maximum absolute atomic E-state index is 11.0. The molecule has 1 rings (SSSR count). The van der Waals surface area contributed by atoms with Gasteiger partial charge in [0.1, 0.15) is 0 Å². The minimum atomic E-state index is -0.0358. The molecular weight excluding hydrogens is 212 g/mol. The summed E-state index contributed by atoms with van der Waals surface area (Å²) in [5, 5.41) is 6.18. The van der Waals surface area contributed by atoms with Crippen molar-refractivity contribution in [2.45, 2.75) is 26.8 Å². The predicted octanol–water partition coefficient (Wildman–Crippen LogP) is 2.70. The number of carbonyl (C=O) groups is 1. The average molecular weight is 232 g/mol. The summed E-state index contributed by atoms with van der Waals surface area (Å²) in [6, 6.07) is 7.85. The lowest BCUT2D eigenvalue weighted by Crippen LogP contribution is -2.16. The van der Waals surface area contributed by atoms with E-state index in [4.69, 9.17) is 0 Å². The second-order valence-corrected chi connectivity index (χ2v) is 3.87. The van der Waals surface area contributed by atoms with Crippen molar-refractivity contribution in [2.75, 3.05) is 11.9 Å². The van der Waals surface area contributed by atoms with Crippen molar-refractivity contribution in [3.63, 3.8) is 0 Å². The van der Waals surface area contributed by atoms with E-state index in [-0.39, 0.29) is 5.91 Å². The van der Waals surface area contributed by atoms with Gasteiger partial charge in [-0.05, 0) is 31.5 Å². The quantitative estimate of drug-likeness (QED) is 0.585. The average Bonchev–Trinajstić information content (AvgIpc) is 2.30. The van der Waals surface area contributed by atoms with Gasteiger partial charge in [0.25, 0.3) is 0 Å². The molecule has 3 nitrogen and oxygen atoms in total. The number of amides is 1. The van der Waals surface area contributed by atoms with E-state index in [1.807, 2.05) is 37.3 Å². The van der Waals surface area contributed by atoms with Crippen LogP contribution in [-0.4, -0.2) is 12.5 Å². The van der Waals surface area contributed by atoms with Gasteiger partial charge >= 0.3 is 0 Å². The third-order valence-corrected chi connectivity index (χ3v) is 2.37. The molecule has 0 spiro atoms. The Labute approximate surface area is 103 Å². The van der Waals surface area contributed by atoms with Crippen molar-refractivity contribution in [2.24, 2.45) is 0 Å². The van der Waals surface area contributed by atoms with Gasteiger partial charge in [-0.3, -0.25) is 4.79 Å². The minimum Gasteiger partial charge on any atom is -0.326 e. The lowest BCUT2D eigenvalue weighted by Gasteiger charge is -2.10. The minimum absolute atomic E-state index is 0.0358. The monoisotopic (exact) mass is 232 g/mol. The summed E-state index contributed by atoms with van der Waals surface area (Å²) >= 11 is 0. The Balaban J connectivity index is 2.48. The fraction of sp³-hybridized carbons (Fsp3) is 0.357. The lowest BCUT2D eigenvalue weighted by molar-refractivity contribution is -0.114. The van der Waals surface area contributed by atoms with Gasteiger partial charge in [0.2, 0.25) is 5.91 Å². The van der Waals surface area contributed by atoms with Crippen LogP contribution in [0, 0.1) is 0 Å². The first kappa shape index (κ1) is 13.5. The van der Waals surface area contributed by atoms with Gasteiger partial charge in [-0.15, -0.1) is 0 Å². The molecule has 1 aromatic rings. The molecule has 0 atom stereocenters. The fourth-order valence-electron chi connectivity index (χ4n) is 1.56. The van der Waals surface area contributed by atoms with Crippen LogP contribution in [0.1, 0.15) is 25.8 Å². The van der Waals surface area contributed by atoms with Crippen LogP contribution in [0.5, 0.6) is 0 Å². The molecule has 0 heterocycles. The highest BCUT2D eigenvalue weighted by Crippen LogP contribution is 2.14. The zero-order valence-corrected chi connectivity index (χ0v) is 10.5. The Bertz CT molecular complexity index is 386. The topological polar surface area (TPSA) is 41.1 Å². The van der Waals surface area contributed by atoms with Crippen molar-refractivity contribution in [3.8, 4) is 0 Å². The molecule has 17 heavy (non-hydrogen) atoms. The number of hydrogen-bond acceptors (Lipinski definition) is 2. The number of para-hydroxylation sites is 1. The number of hydrogen-bond donors (Lipinski definition) is 2. The highest BCUT2D eigenvalue weighted by Gasteiger charge is 2.01. The molecule has 0 aliphatic heterocycles. The van der Waals surface area contributed by atoms with E-state index in [9.17, 15) is 4.79 Å². The van der Waals surface area contributed by atoms with Crippen LogP contribution < -0.4 is 10.6 Å². The van der Waals surface area contributed by atoms with E-state index in [1.54, 1.807) is 0 Å². The first-order valence-corrected chi connectivity index (χ1v) is 5.91. The summed E-state index contributed by atoms with van der Waals surface area (Å²) < 4.78 is 0. The number of nitrogens with one attached hydrogen (secondary N) is 2. The largest absolute Gasteiger partial charge is 0.326 e. The number of rotatable bonds is 6. The van der Waals surface area contributed by atoms with Gasteiger partial charge < -0.3 is 10.6 Å². The Morgan fingerprint density at radius 3 is 2.82 bits per heavy atom. The first-order valence-electron chi connectivity index (χ1n) is 5.91. The van der Waals surface area contributed by atoms with Gasteiger partial charge in [0.15, 0.2) is 0 Å². The SMILES string of the molecule is C/C=C/CCNCc1ccccc1NC(C)=O. The van der Waals surface area contributed by atoms with Crippen LogP contribution in [0.2, 0.25) is 0 Å². The number of benzene rings is 1. The molecule has 3 heteroatoms. The molecule has 0 aromatic heterocycles. The van der Waals surface area contributed by atoms with Crippen LogP contribution in [0.15, 0.2) is 36.4 Å². The summed E-state index contributed by atoms with van der Waals surface area (Å²) in [4.78, 5) is 11.0. The smallest absolute Gasteiger partial charge is 0.221 e. The van der Waals surface area contributed by atoms with Crippen molar-refractivity contribution in [3.05, 3.63) is 42.0 Å². The molecule has 1 amide bonds. The van der Waals surface area contributed by atoms with E-state index < -0.39 is 0 Å². The molecule has 0 unspecified atom stereocenters. The second kappa shape index (κ2) is 7.63. The maximum atomic E-state index is 11.0. The van der Waals surface area contributed by atoms with Crippen LogP contribution in [-0.2, 0) is 11.3 Å². The molecule has 92 valence electrons. The van der Waals surface area contributed by atoms with Crippen LogP contribution in [0.3, 0.4) is 0 Å². The number of allylic oxidation sites excluding steroid dienone is 1. The molecular formula is C14H20N2O. The van der Waals surface area contributed by atoms with Crippen molar-refractivity contribution < 1.29 is 4.79 Å². The highest BCUT2D eigenvalue weighted by atomic mass is 16.1.